The van der Waals surface area contributed by atoms with E-state index in [2.05, 4.69) is 11.4 Å². The van der Waals surface area contributed by atoms with Gasteiger partial charge in [0.15, 0.2) is 0 Å². The molecule has 0 spiro atoms. The zero-order chi connectivity index (χ0) is 15.2. The predicted octanol–water partition coefficient (Wildman–Crippen LogP) is 1.53. The van der Waals surface area contributed by atoms with E-state index in [4.69, 9.17) is 9.47 Å². The van der Waals surface area contributed by atoms with Crippen molar-refractivity contribution in [2.75, 3.05) is 39.3 Å². The Hall–Kier alpha value is -1.59. The fourth-order valence-electron chi connectivity index (χ4n) is 2.72. The standard InChI is InChI=1S/C16H24N2O3/c1-12(11-21-3)18(8-9-20-2)16(19)15-10-13-6-4-5-7-14(13)17-15/h4-7,12,15,17H,8-11H2,1-3H3/t12?,15-/m0/s1. The first kappa shape index (κ1) is 15.8. The third-order valence-corrected chi connectivity index (χ3v) is 3.83. The lowest BCUT2D eigenvalue weighted by atomic mass is 10.1. The maximum absolute atomic E-state index is 12.8. The number of carbonyl (C=O) groups is 1. The van der Waals surface area contributed by atoms with Gasteiger partial charge in [0.05, 0.1) is 19.3 Å². The second kappa shape index (κ2) is 7.43. The number of methoxy groups -OCH3 is 2. The van der Waals surface area contributed by atoms with Crippen LogP contribution in [0.1, 0.15) is 12.5 Å². The molecular formula is C16H24N2O3. The van der Waals surface area contributed by atoms with Gasteiger partial charge in [0.1, 0.15) is 6.04 Å². The summed E-state index contributed by atoms with van der Waals surface area (Å²) in [5, 5.41) is 3.32. The van der Waals surface area contributed by atoms with Crippen LogP contribution in [0.4, 0.5) is 5.69 Å². The average Bonchev–Trinajstić information content (AvgIpc) is 2.91. The fraction of sp³-hybridized carbons (Fsp3) is 0.562. The molecule has 5 nitrogen and oxygen atoms in total. The average molecular weight is 292 g/mol. The lowest BCUT2D eigenvalue weighted by Gasteiger charge is -2.31. The van der Waals surface area contributed by atoms with Crippen LogP contribution < -0.4 is 5.32 Å². The van der Waals surface area contributed by atoms with Crippen molar-refractivity contribution < 1.29 is 14.3 Å². The number of amides is 1. The van der Waals surface area contributed by atoms with Crippen LogP contribution in [0.5, 0.6) is 0 Å². The third-order valence-electron chi connectivity index (χ3n) is 3.83. The number of hydrogen-bond acceptors (Lipinski definition) is 4. The molecule has 1 aliphatic rings. The van der Waals surface area contributed by atoms with Crippen molar-refractivity contribution in [2.24, 2.45) is 0 Å². The number of carbonyl (C=O) groups excluding carboxylic acids is 1. The zero-order valence-electron chi connectivity index (χ0n) is 13.0. The fourth-order valence-corrected chi connectivity index (χ4v) is 2.72. The molecule has 0 saturated carbocycles. The molecular weight excluding hydrogens is 268 g/mol. The first-order valence-corrected chi connectivity index (χ1v) is 7.30. The Morgan fingerprint density at radius 2 is 2.14 bits per heavy atom. The second-order valence-corrected chi connectivity index (χ2v) is 5.39. The van der Waals surface area contributed by atoms with Gasteiger partial charge < -0.3 is 19.7 Å². The Kier molecular flexibility index (Phi) is 5.59. The van der Waals surface area contributed by atoms with E-state index >= 15 is 0 Å². The van der Waals surface area contributed by atoms with Crippen LogP contribution in [0.2, 0.25) is 0 Å². The number of nitrogens with one attached hydrogen (secondary N) is 1. The smallest absolute Gasteiger partial charge is 0.245 e. The second-order valence-electron chi connectivity index (χ2n) is 5.39. The molecule has 5 heteroatoms. The molecule has 1 aromatic rings. The quantitative estimate of drug-likeness (QED) is 0.828. The number of fused-ring (bicyclic) bond motifs is 1. The minimum absolute atomic E-state index is 0.0307. The molecule has 0 saturated heterocycles. The SMILES string of the molecule is COCCN(C(=O)[C@@H]1Cc2ccccc2N1)C(C)COC. The Bertz CT molecular complexity index is 453. The van der Waals surface area contributed by atoms with E-state index < -0.39 is 0 Å². The number of nitrogens with zero attached hydrogens (tertiary/aromatic N) is 1. The normalized spacial score (nSPS) is 18.0. The van der Waals surface area contributed by atoms with Crippen molar-refractivity contribution >= 4 is 11.6 Å². The molecule has 21 heavy (non-hydrogen) atoms. The van der Waals surface area contributed by atoms with E-state index in [1.54, 1.807) is 14.2 Å². The Labute approximate surface area is 126 Å². The van der Waals surface area contributed by atoms with Gasteiger partial charge >= 0.3 is 0 Å². The molecule has 0 bridgehead atoms. The number of para-hydroxylation sites is 1. The van der Waals surface area contributed by atoms with E-state index in [0.29, 0.717) is 19.8 Å². The van der Waals surface area contributed by atoms with Crippen LogP contribution in [0.3, 0.4) is 0 Å². The molecule has 0 aliphatic carbocycles. The van der Waals surface area contributed by atoms with E-state index in [0.717, 1.165) is 12.1 Å². The molecule has 0 radical (unpaired) electrons. The number of hydrogen-bond donors (Lipinski definition) is 1. The van der Waals surface area contributed by atoms with E-state index in [1.165, 1.54) is 5.56 Å². The molecule has 0 aromatic heterocycles. The third kappa shape index (κ3) is 3.74. The van der Waals surface area contributed by atoms with Gasteiger partial charge in [0.25, 0.3) is 0 Å². The summed E-state index contributed by atoms with van der Waals surface area (Å²) >= 11 is 0. The molecule has 1 amide bonds. The summed E-state index contributed by atoms with van der Waals surface area (Å²) in [6, 6.07) is 7.90. The van der Waals surface area contributed by atoms with Gasteiger partial charge in [-0.25, -0.2) is 0 Å². The minimum atomic E-state index is -0.196. The lowest BCUT2D eigenvalue weighted by molar-refractivity contribution is -0.135. The number of rotatable bonds is 7. The first-order chi connectivity index (χ1) is 10.2. The number of anilines is 1. The summed E-state index contributed by atoms with van der Waals surface area (Å²) in [7, 11) is 3.30. The van der Waals surface area contributed by atoms with Crippen molar-refractivity contribution in [3.05, 3.63) is 29.8 Å². The summed E-state index contributed by atoms with van der Waals surface area (Å²) in [5.74, 6) is 0.104. The summed E-state index contributed by atoms with van der Waals surface area (Å²) in [6.07, 6.45) is 0.734. The maximum atomic E-state index is 12.8. The number of ether oxygens (including phenoxy) is 2. The highest BCUT2D eigenvalue weighted by Crippen LogP contribution is 2.26. The largest absolute Gasteiger partial charge is 0.383 e. The highest BCUT2D eigenvalue weighted by atomic mass is 16.5. The Morgan fingerprint density at radius 1 is 1.38 bits per heavy atom. The van der Waals surface area contributed by atoms with Gasteiger partial charge in [-0.3, -0.25) is 4.79 Å². The van der Waals surface area contributed by atoms with Crippen molar-refractivity contribution in [1.29, 1.82) is 0 Å². The molecule has 116 valence electrons. The summed E-state index contributed by atoms with van der Waals surface area (Å²) in [5.41, 5.74) is 2.25. The predicted molar refractivity (Wildman–Crippen MR) is 82.5 cm³/mol. The van der Waals surface area contributed by atoms with Crippen LogP contribution in [-0.4, -0.2) is 56.9 Å². The van der Waals surface area contributed by atoms with Crippen molar-refractivity contribution in [2.45, 2.75) is 25.4 Å². The Morgan fingerprint density at radius 3 is 2.81 bits per heavy atom. The van der Waals surface area contributed by atoms with Gasteiger partial charge in [0.2, 0.25) is 5.91 Å². The van der Waals surface area contributed by atoms with Crippen LogP contribution in [-0.2, 0) is 20.7 Å². The molecule has 2 rings (SSSR count). The minimum Gasteiger partial charge on any atom is -0.383 e. The molecule has 1 N–H and O–H groups in total. The summed E-state index contributed by atoms with van der Waals surface area (Å²) in [6.45, 7) is 3.63. The van der Waals surface area contributed by atoms with Crippen LogP contribution in [0, 0.1) is 0 Å². The van der Waals surface area contributed by atoms with Gasteiger partial charge in [-0.15, -0.1) is 0 Å². The van der Waals surface area contributed by atoms with E-state index in [-0.39, 0.29) is 18.0 Å². The van der Waals surface area contributed by atoms with Gasteiger partial charge in [0, 0.05) is 32.9 Å². The zero-order valence-corrected chi connectivity index (χ0v) is 13.0. The number of benzene rings is 1. The maximum Gasteiger partial charge on any atom is 0.245 e. The van der Waals surface area contributed by atoms with Crippen molar-refractivity contribution in [1.82, 2.24) is 4.90 Å². The summed E-state index contributed by atoms with van der Waals surface area (Å²) in [4.78, 5) is 14.6. The van der Waals surface area contributed by atoms with Crippen molar-refractivity contribution in [3.8, 4) is 0 Å². The highest BCUT2D eigenvalue weighted by Gasteiger charge is 2.31. The van der Waals surface area contributed by atoms with Crippen LogP contribution in [0.25, 0.3) is 0 Å². The molecule has 0 fully saturated rings. The lowest BCUT2D eigenvalue weighted by Crippen LogP contribution is -2.49. The first-order valence-electron chi connectivity index (χ1n) is 7.30. The molecule has 2 atom stereocenters. The molecule has 1 aliphatic heterocycles. The Balaban J connectivity index is 2.05. The van der Waals surface area contributed by atoms with Crippen LogP contribution in [0.15, 0.2) is 24.3 Å². The van der Waals surface area contributed by atoms with Gasteiger partial charge in [-0.1, -0.05) is 18.2 Å². The van der Waals surface area contributed by atoms with Crippen molar-refractivity contribution in [3.63, 3.8) is 0 Å². The van der Waals surface area contributed by atoms with E-state index in [9.17, 15) is 4.79 Å². The van der Waals surface area contributed by atoms with Crippen LogP contribution >= 0.6 is 0 Å². The topological polar surface area (TPSA) is 50.8 Å². The van der Waals surface area contributed by atoms with Gasteiger partial charge in [-0.05, 0) is 18.6 Å². The monoisotopic (exact) mass is 292 g/mol. The molecule has 1 heterocycles. The molecule has 1 aromatic carbocycles. The van der Waals surface area contributed by atoms with E-state index in [1.807, 2.05) is 30.0 Å². The molecule has 1 unspecified atom stereocenters. The van der Waals surface area contributed by atoms with Gasteiger partial charge in [-0.2, -0.15) is 0 Å². The highest BCUT2D eigenvalue weighted by molar-refractivity contribution is 5.87. The summed E-state index contributed by atoms with van der Waals surface area (Å²) < 4.78 is 10.3.